The number of phenolic OH excluding ortho intramolecular Hbond substituents is 1. The molecule has 1 aromatic carbocycles. The molecule has 0 radical (unpaired) electrons. The van der Waals surface area contributed by atoms with Crippen LogP contribution in [0.4, 0.5) is 0 Å². The Bertz CT molecular complexity index is 971. The largest absolute Gasteiger partial charge is 0.507 e. The van der Waals surface area contributed by atoms with E-state index in [1.807, 2.05) is 31.2 Å². The van der Waals surface area contributed by atoms with Gasteiger partial charge in [0.15, 0.2) is 0 Å². The van der Waals surface area contributed by atoms with E-state index in [2.05, 4.69) is 6.92 Å². The van der Waals surface area contributed by atoms with E-state index in [4.69, 9.17) is 4.65 Å². The van der Waals surface area contributed by atoms with Crippen molar-refractivity contribution in [2.24, 2.45) is 17.8 Å². The molecule has 2 aliphatic heterocycles. The Morgan fingerprint density at radius 2 is 1.97 bits per heavy atom. The lowest BCUT2D eigenvalue weighted by Gasteiger charge is -2.42. The van der Waals surface area contributed by atoms with E-state index < -0.39 is 7.12 Å². The summed E-state index contributed by atoms with van der Waals surface area (Å²) in [5.41, 5.74) is 4.23. The summed E-state index contributed by atoms with van der Waals surface area (Å²) in [6.45, 7) is 4.16. The van der Waals surface area contributed by atoms with Gasteiger partial charge in [0.25, 0.3) is 0 Å². The van der Waals surface area contributed by atoms with Crippen LogP contribution in [-0.4, -0.2) is 47.1 Å². The second-order valence-electron chi connectivity index (χ2n) is 9.38. The Morgan fingerprint density at radius 3 is 2.69 bits per heavy atom. The van der Waals surface area contributed by atoms with Crippen LogP contribution in [0.1, 0.15) is 51.5 Å². The van der Waals surface area contributed by atoms with Crippen LogP contribution < -0.4 is 0 Å². The van der Waals surface area contributed by atoms with Crippen molar-refractivity contribution in [2.75, 3.05) is 7.05 Å². The van der Waals surface area contributed by atoms with Gasteiger partial charge in [-0.15, -0.1) is 0 Å². The van der Waals surface area contributed by atoms with Gasteiger partial charge in [0, 0.05) is 12.6 Å². The van der Waals surface area contributed by atoms with E-state index in [-0.39, 0.29) is 41.4 Å². The zero-order valence-corrected chi connectivity index (χ0v) is 19.1. The van der Waals surface area contributed by atoms with Crippen LogP contribution in [-0.2, 0) is 14.2 Å². The molecule has 170 valence electrons. The average molecular weight is 437 g/mol. The lowest BCUT2D eigenvalue weighted by atomic mass is 9.58. The molecule has 7 heteroatoms. The number of hydrogen-bond acceptors (Lipinski definition) is 5. The average Bonchev–Trinajstić information content (AvgIpc) is 2.97. The fourth-order valence-electron chi connectivity index (χ4n) is 5.81. The van der Waals surface area contributed by atoms with Gasteiger partial charge in [-0.1, -0.05) is 48.8 Å². The second-order valence-corrected chi connectivity index (χ2v) is 9.38. The lowest BCUT2D eigenvalue weighted by molar-refractivity contribution is -0.138. The van der Waals surface area contributed by atoms with Crippen LogP contribution in [0, 0.1) is 17.8 Å². The number of carbonyl (C=O) groups excluding carboxylic acids is 2. The summed E-state index contributed by atoms with van der Waals surface area (Å²) in [6.07, 6.45) is 6.06. The van der Waals surface area contributed by atoms with E-state index >= 15 is 0 Å². The highest BCUT2D eigenvalue weighted by molar-refractivity contribution is 6.43. The van der Waals surface area contributed by atoms with Crippen LogP contribution in [0.25, 0.3) is 6.08 Å². The lowest BCUT2D eigenvalue weighted by Crippen LogP contribution is -2.45. The molecule has 0 saturated carbocycles. The summed E-state index contributed by atoms with van der Waals surface area (Å²) in [4.78, 5) is 26.7. The summed E-state index contributed by atoms with van der Waals surface area (Å²) in [7, 11) is 0.623. The first-order chi connectivity index (χ1) is 15.3. The van der Waals surface area contributed by atoms with Crippen molar-refractivity contribution in [1.82, 2.24) is 4.90 Å². The van der Waals surface area contributed by atoms with Crippen molar-refractivity contribution in [3.05, 3.63) is 46.5 Å². The van der Waals surface area contributed by atoms with Crippen LogP contribution in [0.2, 0.25) is 6.32 Å². The van der Waals surface area contributed by atoms with Crippen molar-refractivity contribution in [2.45, 2.75) is 58.4 Å². The number of phenols is 1. The van der Waals surface area contributed by atoms with Gasteiger partial charge >= 0.3 is 7.12 Å². The van der Waals surface area contributed by atoms with E-state index in [0.29, 0.717) is 19.2 Å². The first-order valence-electron chi connectivity index (χ1n) is 11.6. The quantitative estimate of drug-likeness (QED) is 0.402. The summed E-state index contributed by atoms with van der Waals surface area (Å²) < 4.78 is 5.98. The number of nitrogens with zero attached hydrogens (tertiary/aromatic N) is 1. The number of rotatable bonds is 6. The topological polar surface area (TPSA) is 87.1 Å². The molecule has 0 aromatic heterocycles. The highest BCUT2D eigenvalue weighted by atomic mass is 16.5. The summed E-state index contributed by atoms with van der Waals surface area (Å²) >= 11 is 0. The first-order valence-corrected chi connectivity index (χ1v) is 11.6. The highest BCUT2D eigenvalue weighted by Crippen LogP contribution is 2.50. The van der Waals surface area contributed by atoms with Crippen molar-refractivity contribution < 1.29 is 24.4 Å². The molecule has 2 amide bonds. The molecule has 1 aliphatic carbocycles. The van der Waals surface area contributed by atoms with Crippen molar-refractivity contribution in [3.8, 4) is 5.75 Å². The number of likely N-dealkylation sites (tertiary alicyclic amines) is 1. The van der Waals surface area contributed by atoms with Gasteiger partial charge in [-0.25, -0.2) is 0 Å². The molecule has 32 heavy (non-hydrogen) atoms. The molecule has 3 aliphatic rings. The third-order valence-corrected chi connectivity index (χ3v) is 7.27. The molecule has 0 spiro atoms. The molecule has 2 fully saturated rings. The van der Waals surface area contributed by atoms with Crippen molar-refractivity contribution in [1.29, 1.82) is 0 Å². The number of imide groups is 1. The Labute approximate surface area is 190 Å². The number of allylic oxidation sites excluding steroid dienone is 2. The Balaban J connectivity index is 1.58. The molecule has 6 nitrogen and oxygen atoms in total. The van der Waals surface area contributed by atoms with E-state index in [1.165, 1.54) is 10.5 Å². The molecule has 0 unspecified atom stereocenters. The SMILES string of the molecule is CCC/C(=C\c1ccccc1O)CC[C@H]1OB(O)C[C@H]2C1=C(C)C[C@H]1C(=O)N(C)C(=O)[C@H]12. The van der Waals surface area contributed by atoms with E-state index in [0.717, 1.165) is 36.0 Å². The molecular formula is C25H32BNO5. The summed E-state index contributed by atoms with van der Waals surface area (Å²) in [6, 6.07) is 7.30. The normalized spacial score (nSPS) is 28.3. The Hall–Kier alpha value is -2.38. The molecular weight excluding hydrogens is 405 g/mol. The van der Waals surface area contributed by atoms with Crippen molar-refractivity contribution >= 4 is 25.0 Å². The number of fused-ring (bicyclic) bond motifs is 3. The van der Waals surface area contributed by atoms with Gasteiger partial charge in [-0.2, -0.15) is 0 Å². The molecule has 4 rings (SSSR count). The zero-order chi connectivity index (χ0) is 23.0. The number of aromatic hydroxyl groups is 1. The molecule has 2 N–H and O–H groups in total. The number of para-hydroxylation sites is 1. The maximum Gasteiger partial charge on any atom is 0.455 e. The summed E-state index contributed by atoms with van der Waals surface area (Å²) in [5.74, 6) is -0.833. The minimum atomic E-state index is -0.939. The molecule has 4 atom stereocenters. The monoisotopic (exact) mass is 437 g/mol. The third kappa shape index (κ3) is 4.16. The van der Waals surface area contributed by atoms with E-state index in [9.17, 15) is 19.7 Å². The first kappa shape index (κ1) is 22.8. The Morgan fingerprint density at radius 1 is 1.22 bits per heavy atom. The molecule has 1 aromatic rings. The minimum Gasteiger partial charge on any atom is -0.507 e. The molecule has 2 saturated heterocycles. The summed E-state index contributed by atoms with van der Waals surface area (Å²) in [5, 5.41) is 20.6. The van der Waals surface area contributed by atoms with Crippen LogP contribution in [0.3, 0.4) is 0 Å². The predicted octanol–water partition coefficient (Wildman–Crippen LogP) is 3.80. The van der Waals surface area contributed by atoms with Gasteiger partial charge in [0.2, 0.25) is 11.8 Å². The maximum atomic E-state index is 12.8. The fraction of sp³-hybridized carbons (Fsp3) is 0.520. The van der Waals surface area contributed by atoms with Gasteiger partial charge in [0.1, 0.15) is 5.75 Å². The maximum absolute atomic E-state index is 12.8. The fourth-order valence-corrected chi connectivity index (χ4v) is 5.81. The smallest absolute Gasteiger partial charge is 0.455 e. The van der Waals surface area contributed by atoms with Gasteiger partial charge in [-0.05, 0) is 56.5 Å². The van der Waals surface area contributed by atoms with Crippen LogP contribution in [0.15, 0.2) is 41.0 Å². The third-order valence-electron chi connectivity index (χ3n) is 7.27. The van der Waals surface area contributed by atoms with Crippen LogP contribution >= 0.6 is 0 Å². The number of benzene rings is 1. The van der Waals surface area contributed by atoms with Crippen molar-refractivity contribution in [3.63, 3.8) is 0 Å². The predicted molar refractivity (Wildman–Crippen MR) is 123 cm³/mol. The number of hydrogen-bond donors (Lipinski definition) is 2. The molecule has 2 heterocycles. The highest BCUT2D eigenvalue weighted by Gasteiger charge is 2.55. The Kier molecular flexibility index (Phi) is 6.58. The standard InChI is InChI=1S/C25H32BNO5/c1-4-7-16(13-17-8-5-6-9-20(17)28)10-11-21-22-15(2)12-18-23(19(22)14-26(31)32-21)25(30)27(3)24(18)29/h5-6,8-9,13,18-19,21,23,28,31H,4,7,10-12,14H2,1-3H3/b16-13+/t18-,19+,21-,23-/m1/s1. The number of carbonyl (C=O) groups is 2. The zero-order valence-electron chi connectivity index (χ0n) is 19.1. The second kappa shape index (κ2) is 9.24. The van der Waals surface area contributed by atoms with Gasteiger partial charge < -0.3 is 14.8 Å². The number of amides is 2. The van der Waals surface area contributed by atoms with Crippen LogP contribution in [0.5, 0.6) is 5.75 Å². The molecule has 0 bridgehead atoms. The van der Waals surface area contributed by atoms with E-state index in [1.54, 1.807) is 13.1 Å². The minimum absolute atomic E-state index is 0.105. The van der Waals surface area contributed by atoms with Gasteiger partial charge in [-0.3, -0.25) is 14.5 Å². The van der Waals surface area contributed by atoms with Gasteiger partial charge in [0.05, 0.1) is 17.9 Å².